The fourth-order valence-electron chi connectivity index (χ4n) is 2.16. The van der Waals surface area contributed by atoms with Gasteiger partial charge in [0.25, 0.3) is 0 Å². The summed E-state index contributed by atoms with van der Waals surface area (Å²) in [6, 6.07) is 0.894. The van der Waals surface area contributed by atoms with E-state index in [-0.39, 0.29) is 17.8 Å². The summed E-state index contributed by atoms with van der Waals surface area (Å²) >= 11 is 1.17. The van der Waals surface area contributed by atoms with E-state index in [0.29, 0.717) is 16.6 Å². The first-order chi connectivity index (χ1) is 12.5. The average Bonchev–Trinajstić information content (AvgIpc) is 3.08. The number of imidazole rings is 1. The maximum Gasteiger partial charge on any atom is 0.419 e. The highest BCUT2D eigenvalue weighted by molar-refractivity contribution is 7.88. The number of alkyl halides is 3. The lowest BCUT2D eigenvalue weighted by atomic mass is 10.1. The van der Waals surface area contributed by atoms with E-state index in [2.05, 4.69) is 25.1 Å². The summed E-state index contributed by atoms with van der Waals surface area (Å²) in [5, 5.41) is 7.62. The van der Waals surface area contributed by atoms with Crippen LogP contribution in [-0.4, -0.2) is 47.3 Å². The lowest BCUT2D eigenvalue weighted by Gasteiger charge is -2.09. The highest BCUT2D eigenvalue weighted by Crippen LogP contribution is 2.35. The smallest absolute Gasteiger partial charge is 0.383 e. The van der Waals surface area contributed by atoms with Crippen LogP contribution in [-0.2, 0) is 16.2 Å². The van der Waals surface area contributed by atoms with Gasteiger partial charge in [-0.1, -0.05) is 11.3 Å². The van der Waals surface area contributed by atoms with Crippen LogP contribution in [0.15, 0.2) is 18.5 Å². The van der Waals surface area contributed by atoms with Crippen LogP contribution in [0.3, 0.4) is 0 Å². The largest absolute Gasteiger partial charge is 0.419 e. The van der Waals surface area contributed by atoms with Gasteiger partial charge in [-0.2, -0.15) is 13.2 Å². The molecule has 3 rings (SSSR count). The number of aromatic nitrogens is 4. The predicted molar refractivity (Wildman–Crippen MR) is 94.8 cm³/mol. The van der Waals surface area contributed by atoms with Crippen LogP contribution in [0.5, 0.6) is 0 Å². The monoisotopic (exact) mass is 421 g/mol. The van der Waals surface area contributed by atoms with E-state index in [1.807, 2.05) is 0 Å². The molecule has 0 radical (unpaired) electrons. The maximum absolute atomic E-state index is 13.0. The first-order valence-corrected chi connectivity index (χ1v) is 10.1. The summed E-state index contributed by atoms with van der Waals surface area (Å²) in [6.07, 6.45) is -0.867. The van der Waals surface area contributed by atoms with Crippen LogP contribution in [0.1, 0.15) is 5.56 Å². The second-order valence-electron chi connectivity index (χ2n) is 5.51. The Bertz CT molecular complexity index is 1040. The molecule has 3 aromatic heterocycles. The minimum atomic E-state index is -4.61. The van der Waals surface area contributed by atoms with Crippen LogP contribution in [0.25, 0.3) is 16.2 Å². The van der Waals surface area contributed by atoms with Gasteiger partial charge < -0.3 is 11.1 Å². The normalized spacial score (nSPS) is 12.6. The Morgan fingerprint density at radius 1 is 1.33 bits per heavy atom. The molecule has 0 atom stereocenters. The van der Waals surface area contributed by atoms with Crippen molar-refractivity contribution < 1.29 is 21.6 Å². The molecule has 3 aromatic rings. The fraction of sp³-hybridized carbons (Fsp3) is 0.308. The van der Waals surface area contributed by atoms with Crippen molar-refractivity contribution in [3.8, 4) is 11.3 Å². The van der Waals surface area contributed by atoms with Gasteiger partial charge in [0, 0.05) is 24.8 Å². The Hall–Kier alpha value is -2.45. The van der Waals surface area contributed by atoms with Crippen LogP contribution >= 0.6 is 11.3 Å². The van der Waals surface area contributed by atoms with Gasteiger partial charge in [0.1, 0.15) is 5.82 Å². The van der Waals surface area contributed by atoms with Crippen molar-refractivity contribution >= 4 is 37.3 Å². The number of nitrogens with one attached hydrogen (secondary N) is 2. The fourth-order valence-corrected chi connectivity index (χ4v) is 3.44. The zero-order valence-corrected chi connectivity index (χ0v) is 15.4. The molecular formula is C13H14F3N7O2S2. The van der Waals surface area contributed by atoms with E-state index in [1.165, 1.54) is 28.2 Å². The third-order valence-electron chi connectivity index (χ3n) is 3.33. The van der Waals surface area contributed by atoms with Crippen molar-refractivity contribution in [3.05, 3.63) is 24.0 Å². The van der Waals surface area contributed by atoms with Gasteiger partial charge in [-0.25, -0.2) is 27.6 Å². The zero-order chi connectivity index (χ0) is 19.8. The lowest BCUT2D eigenvalue weighted by molar-refractivity contribution is -0.137. The molecule has 9 nitrogen and oxygen atoms in total. The van der Waals surface area contributed by atoms with E-state index in [0.717, 1.165) is 12.3 Å². The third-order valence-corrected chi connectivity index (χ3v) is 4.94. The molecule has 0 aliphatic rings. The molecule has 0 saturated carbocycles. The topological polar surface area (TPSA) is 127 Å². The van der Waals surface area contributed by atoms with Crippen molar-refractivity contribution in [2.75, 3.05) is 30.4 Å². The molecule has 0 bridgehead atoms. The van der Waals surface area contributed by atoms with Crippen LogP contribution in [0.4, 0.5) is 24.1 Å². The van der Waals surface area contributed by atoms with Crippen molar-refractivity contribution in [1.82, 2.24) is 24.3 Å². The first kappa shape index (κ1) is 19.3. The summed E-state index contributed by atoms with van der Waals surface area (Å²) in [5.41, 5.74) is 4.71. The van der Waals surface area contributed by atoms with Gasteiger partial charge in [-0.15, -0.1) is 5.10 Å². The summed E-state index contributed by atoms with van der Waals surface area (Å²) in [6.45, 7) is 0.497. The molecule has 0 aromatic carbocycles. The molecule has 27 heavy (non-hydrogen) atoms. The Morgan fingerprint density at radius 3 is 2.70 bits per heavy atom. The summed E-state index contributed by atoms with van der Waals surface area (Å²) in [4.78, 5) is 8.28. The van der Waals surface area contributed by atoms with E-state index in [4.69, 9.17) is 5.73 Å². The van der Waals surface area contributed by atoms with Crippen molar-refractivity contribution in [1.29, 1.82) is 0 Å². The molecule has 0 amide bonds. The van der Waals surface area contributed by atoms with E-state index >= 15 is 0 Å². The minimum absolute atomic E-state index is 0.168. The Balaban J connectivity index is 1.76. The summed E-state index contributed by atoms with van der Waals surface area (Å²) in [7, 11) is -3.27. The summed E-state index contributed by atoms with van der Waals surface area (Å²) < 4.78 is 64.6. The SMILES string of the molecule is CS(=O)(=O)NCCNc1nn2cc(-c3cnc(N)c(C(F)(F)F)c3)nc2s1. The quantitative estimate of drug-likeness (QED) is 0.514. The molecule has 146 valence electrons. The van der Waals surface area contributed by atoms with Crippen LogP contribution in [0.2, 0.25) is 0 Å². The summed E-state index contributed by atoms with van der Waals surface area (Å²) in [5.74, 6) is -0.598. The van der Waals surface area contributed by atoms with Crippen LogP contribution < -0.4 is 15.8 Å². The molecule has 0 saturated heterocycles. The van der Waals surface area contributed by atoms with Gasteiger partial charge in [-0.3, -0.25) is 0 Å². The van der Waals surface area contributed by atoms with E-state index in [9.17, 15) is 21.6 Å². The molecule has 0 aliphatic carbocycles. The first-order valence-electron chi connectivity index (χ1n) is 7.41. The number of nitrogen functional groups attached to an aromatic ring is 1. The second kappa shape index (κ2) is 6.94. The minimum Gasteiger partial charge on any atom is -0.383 e. The molecule has 0 spiro atoms. The average molecular weight is 421 g/mol. The number of hydrogen-bond donors (Lipinski definition) is 3. The number of sulfonamides is 1. The maximum atomic E-state index is 13.0. The van der Waals surface area contributed by atoms with E-state index in [1.54, 1.807) is 0 Å². The third kappa shape index (κ3) is 4.64. The number of hydrogen-bond acceptors (Lipinski definition) is 8. The van der Waals surface area contributed by atoms with Crippen molar-refractivity contribution in [2.24, 2.45) is 0 Å². The Kier molecular flexibility index (Phi) is 4.96. The van der Waals surface area contributed by atoms with Gasteiger partial charge in [-0.05, 0) is 6.07 Å². The molecule has 3 heterocycles. The van der Waals surface area contributed by atoms with Gasteiger partial charge in [0.2, 0.25) is 20.1 Å². The van der Waals surface area contributed by atoms with Gasteiger partial charge in [0.05, 0.1) is 23.7 Å². The number of nitrogens with zero attached hydrogens (tertiary/aromatic N) is 4. The predicted octanol–water partition coefficient (Wildman–Crippen LogP) is 1.41. The number of rotatable bonds is 6. The molecule has 0 aliphatic heterocycles. The zero-order valence-electron chi connectivity index (χ0n) is 13.8. The molecule has 4 N–H and O–H groups in total. The number of anilines is 2. The second-order valence-corrected chi connectivity index (χ2v) is 8.30. The molecule has 0 unspecified atom stereocenters. The molecule has 14 heteroatoms. The van der Waals surface area contributed by atoms with E-state index < -0.39 is 27.6 Å². The standard InChI is InChI=1S/C13H14F3N7O2S2/c1-27(24,25)20-3-2-18-11-22-23-6-9(21-12(23)26-11)7-4-8(13(14,15)16)10(17)19-5-7/h4-6,20H,2-3H2,1H3,(H2,17,19)(H,18,22). The molecular weight excluding hydrogens is 407 g/mol. The number of nitrogens with two attached hydrogens (primary N) is 1. The van der Waals surface area contributed by atoms with Gasteiger partial charge >= 0.3 is 6.18 Å². The Labute approximate surface area is 155 Å². The number of pyridine rings is 1. The highest BCUT2D eigenvalue weighted by atomic mass is 32.2. The highest BCUT2D eigenvalue weighted by Gasteiger charge is 2.34. The number of halogens is 3. The lowest BCUT2D eigenvalue weighted by Crippen LogP contribution is -2.27. The van der Waals surface area contributed by atoms with Crippen molar-refractivity contribution in [3.63, 3.8) is 0 Å². The Morgan fingerprint density at radius 2 is 2.07 bits per heavy atom. The van der Waals surface area contributed by atoms with Crippen LogP contribution in [0, 0.1) is 0 Å². The van der Waals surface area contributed by atoms with Crippen molar-refractivity contribution in [2.45, 2.75) is 6.18 Å². The molecule has 0 fully saturated rings. The van der Waals surface area contributed by atoms with Gasteiger partial charge in [0.15, 0.2) is 0 Å². The number of fused-ring (bicyclic) bond motifs is 1.